The Bertz CT molecular complexity index is 1340. The van der Waals surface area contributed by atoms with Gasteiger partial charge in [0, 0.05) is 27.9 Å². The summed E-state index contributed by atoms with van der Waals surface area (Å²) in [4.78, 5) is 2.61. The summed E-state index contributed by atoms with van der Waals surface area (Å²) in [6, 6.07) is 33.3. The highest BCUT2D eigenvalue weighted by Crippen LogP contribution is 2.55. The Balaban J connectivity index is 1.85. The van der Waals surface area contributed by atoms with Crippen LogP contribution in [0.2, 0.25) is 0 Å². The molecule has 4 aromatic rings. The molecule has 0 N–H and O–H groups in total. The van der Waals surface area contributed by atoms with E-state index in [9.17, 15) is 0 Å². The Kier molecular flexibility index (Phi) is 5.40. The number of fused-ring (bicyclic) bond motifs is 3. The van der Waals surface area contributed by atoms with Crippen molar-refractivity contribution in [1.82, 2.24) is 0 Å². The van der Waals surface area contributed by atoms with Crippen molar-refractivity contribution in [3.63, 3.8) is 0 Å². The van der Waals surface area contributed by atoms with E-state index in [1.807, 2.05) is 0 Å². The fourth-order valence-corrected chi connectivity index (χ4v) is 5.78. The zero-order chi connectivity index (χ0) is 24.1. The van der Waals surface area contributed by atoms with Crippen LogP contribution in [0, 0.1) is 0 Å². The first-order chi connectivity index (χ1) is 16.2. The van der Waals surface area contributed by atoms with E-state index in [0.717, 1.165) is 6.42 Å². The Morgan fingerprint density at radius 2 is 1.29 bits per heavy atom. The lowest BCUT2D eigenvalue weighted by Crippen LogP contribution is -2.40. The Morgan fingerprint density at radius 3 is 1.97 bits per heavy atom. The first-order valence-electron chi connectivity index (χ1n) is 12.5. The van der Waals surface area contributed by atoms with Gasteiger partial charge >= 0.3 is 0 Å². The number of nitrogens with zero attached hydrogens (tertiary/aromatic N) is 1. The summed E-state index contributed by atoms with van der Waals surface area (Å²) in [5, 5.41) is 0. The Morgan fingerprint density at radius 1 is 0.676 bits per heavy atom. The van der Waals surface area contributed by atoms with Crippen molar-refractivity contribution in [2.75, 3.05) is 4.90 Å². The Labute approximate surface area is 205 Å². The molecule has 0 saturated carbocycles. The van der Waals surface area contributed by atoms with Crippen molar-refractivity contribution in [2.45, 2.75) is 58.9 Å². The van der Waals surface area contributed by atoms with E-state index < -0.39 is 0 Å². The van der Waals surface area contributed by atoms with Crippen LogP contribution in [0.5, 0.6) is 0 Å². The average Bonchev–Trinajstić information content (AvgIpc) is 3.07. The summed E-state index contributed by atoms with van der Waals surface area (Å²) in [6.07, 6.45) is 0.995. The molecule has 1 nitrogen and oxygen atoms in total. The van der Waals surface area contributed by atoms with E-state index in [1.165, 1.54) is 50.3 Å². The minimum atomic E-state index is -0.116. The molecule has 0 saturated heterocycles. The van der Waals surface area contributed by atoms with Gasteiger partial charge < -0.3 is 4.90 Å². The minimum Gasteiger partial charge on any atom is -0.335 e. The minimum absolute atomic E-state index is 0.0718. The first kappa shape index (κ1) is 22.5. The molecule has 0 amide bonds. The molecular formula is C33H35N. The van der Waals surface area contributed by atoms with Crippen molar-refractivity contribution in [1.29, 1.82) is 0 Å². The van der Waals surface area contributed by atoms with E-state index in [2.05, 4.69) is 137 Å². The molecule has 1 aliphatic rings. The van der Waals surface area contributed by atoms with Gasteiger partial charge in [0.05, 0.1) is 0 Å². The summed E-state index contributed by atoms with van der Waals surface area (Å²) < 4.78 is 0. The monoisotopic (exact) mass is 445 g/mol. The molecule has 0 radical (unpaired) electrons. The number of para-hydroxylation sites is 1. The molecule has 172 valence electrons. The maximum Gasteiger partial charge on any atom is 0.0496 e. The molecular weight excluding hydrogens is 410 g/mol. The van der Waals surface area contributed by atoms with Crippen LogP contribution in [0.3, 0.4) is 0 Å². The van der Waals surface area contributed by atoms with Crippen molar-refractivity contribution in [3.05, 3.63) is 108 Å². The number of benzene rings is 4. The van der Waals surface area contributed by atoms with Crippen LogP contribution in [0.15, 0.2) is 91.0 Å². The lowest BCUT2D eigenvalue weighted by atomic mass is 9.79. The van der Waals surface area contributed by atoms with Crippen LogP contribution < -0.4 is 4.90 Å². The normalized spacial score (nSPS) is 13.9. The summed E-state index contributed by atoms with van der Waals surface area (Å²) in [7, 11) is 0. The largest absolute Gasteiger partial charge is 0.335 e. The standard InChI is InChI=1S/C33H35N/c1-7-23-21-22-27-26-18-11-13-19-28(26)33(5,6)30(27)31(23)34(32(2,3)4)29-20-14-12-17-25(29)24-15-9-8-10-16-24/h8-22H,7H2,1-6H3. The molecule has 0 aliphatic heterocycles. The number of anilines is 2. The van der Waals surface area contributed by atoms with Crippen LogP contribution in [0.1, 0.15) is 58.2 Å². The first-order valence-corrected chi connectivity index (χ1v) is 12.5. The van der Waals surface area contributed by atoms with Gasteiger partial charge in [-0.15, -0.1) is 0 Å². The Hall–Kier alpha value is -3.32. The summed E-state index contributed by atoms with van der Waals surface area (Å²) in [5.74, 6) is 0. The van der Waals surface area contributed by atoms with Crippen molar-refractivity contribution in [3.8, 4) is 22.3 Å². The molecule has 1 heteroatoms. The number of hydrogen-bond donors (Lipinski definition) is 0. The fourth-order valence-electron chi connectivity index (χ4n) is 5.78. The lowest BCUT2D eigenvalue weighted by Gasteiger charge is -2.43. The van der Waals surface area contributed by atoms with Gasteiger partial charge in [-0.2, -0.15) is 0 Å². The molecule has 0 unspecified atom stereocenters. The molecule has 0 spiro atoms. The van der Waals surface area contributed by atoms with Crippen LogP contribution in [0.4, 0.5) is 11.4 Å². The van der Waals surface area contributed by atoms with Gasteiger partial charge in [-0.1, -0.05) is 106 Å². The molecule has 5 rings (SSSR count). The van der Waals surface area contributed by atoms with Gasteiger partial charge in [0.15, 0.2) is 0 Å². The second-order valence-corrected chi connectivity index (χ2v) is 10.9. The number of aryl methyl sites for hydroxylation is 1. The number of hydrogen-bond acceptors (Lipinski definition) is 1. The smallest absolute Gasteiger partial charge is 0.0496 e. The third-order valence-electron chi connectivity index (χ3n) is 7.28. The van der Waals surface area contributed by atoms with Gasteiger partial charge in [0.2, 0.25) is 0 Å². The maximum absolute atomic E-state index is 2.61. The molecule has 1 aliphatic carbocycles. The predicted molar refractivity (Wildman–Crippen MR) is 147 cm³/mol. The molecule has 4 aromatic carbocycles. The van der Waals surface area contributed by atoms with E-state index in [1.54, 1.807) is 0 Å². The molecule has 0 atom stereocenters. The highest BCUT2D eigenvalue weighted by molar-refractivity contribution is 5.92. The van der Waals surface area contributed by atoms with Crippen LogP contribution in [-0.2, 0) is 11.8 Å². The van der Waals surface area contributed by atoms with E-state index in [-0.39, 0.29) is 11.0 Å². The number of rotatable bonds is 4. The van der Waals surface area contributed by atoms with Crippen molar-refractivity contribution >= 4 is 11.4 Å². The third-order valence-corrected chi connectivity index (χ3v) is 7.28. The molecule has 0 bridgehead atoms. The van der Waals surface area contributed by atoms with Gasteiger partial charge in [-0.25, -0.2) is 0 Å². The zero-order valence-electron chi connectivity index (χ0n) is 21.3. The van der Waals surface area contributed by atoms with Crippen LogP contribution in [0.25, 0.3) is 22.3 Å². The average molecular weight is 446 g/mol. The predicted octanol–water partition coefficient (Wildman–Crippen LogP) is 9.16. The van der Waals surface area contributed by atoms with E-state index in [0.29, 0.717) is 0 Å². The van der Waals surface area contributed by atoms with E-state index >= 15 is 0 Å². The van der Waals surface area contributed by atoms with Crippen LogP contribution >= 0.6 is 0 Å². The molecule has 0 heterocycles. The van der Waals surface area contributed by atoms with Crippen molar-refractivity contribution < 1.29 is 0 Å². The third kappa shape index (κ3) is 3.46. The molecule has 0 aromatic heterocycles. The second kappa shape index (κ2) is 8.17. The summed E-state index contributed by atoms with van der Waals surface area (Å²) in [5.41, 5.74) is 12.0. The quantitative estimate of drug-likeness (QED) is 0.303. The highest BCUT2D eigenvalue weighted by atomic mass is 15.2. The van der Waals surface area contributed by atoms with Crippen molar-refractivity contribution in [2.24, 2.45) is 0 Å². The van der Waals surface area contributed by atoms with Crippen LogP contribution in [-0.4, -0.2) is 5.54 Å². The fraction of sp³-hybridized carbons (Fsp3) is 0.273. The lowest BCUT2D eigenvalue weighted by molar-refractivity contribution is 0.552. The zero-order valence-corrected chi connectivity index (χ0v) is 21.3. The molecule has 0 fully saturated rings. The SMILES string of the molecule is CCc1ccc2c(c1N(c1ccccc1-c1ccccc1)C(C)(C)C)C(C)(C)c1ccccc1-2. The van der Waals surface area contributed by atoms with Gasteiger partial charge in [0.1, 0.15) is 0 Å². The van der Waals surface area contributed by atoms with Gasteiger partial charge in [-0.05, 0) is 66.6 Å². The summed E-state index contributed by atoms with van der Waals surface area (Å²) in [6.45, 7) is 14.1. The summed E-state index contributed by atoms with van der Waals surface area (Å²) >= 11 is 0. The van der Waals surface area contributed by atoms with E-state index in [4.69, 9.17) is 0 Å². The van der Waals surface area contributed by atoms with Gasteiger partial charge in [-0.3, -0.25) is 0 Å². The maximum atomic E-state index is 2.61. The highest BCUT2D eigenvalue weighted by Gasteiger charge is 2.41. The van der Waals surface area contributed by atoms with Gasteiger partial charge in [0.25, 0.3) is 0 Å². The topological polar surface area (TPSA) is 3.24 Å². The molecule has 34 heavy (non-hydrogen) atoms. The second-order valence-electron chi connectivity index (χ2n) is 10.9.